The average Bonchev–Trinajstić information content (AvgIpc) is 3.32. The van der Waals surface area contributed by atoms with E-state index in [1.807, 2.05) is 12.1 Å². The first-order valence-corrected chi connectivity index (χ1v) is 11.1. The summed E-state index contributed by atoms with van der Waals surface area (Å²) < 4.78 is 30.2. The van der Waals surface area contributed by atoms with Crippen LogP contribution in [0.2, 0.25) is 0 Å². The van der Waals surface area contributed by atoms with Gasteiger partial charge in [0.25, 0.3) is 5.91 Å². The van der Waals surface area contributed by atoms with Crippen LogP contribution in [0.5, 0.6) is 5.75 Å². The molecule has 0 unspecified atom stereocenters. The number of piperazine rings is 1. The second kappa shape index (κ2) is 10.8. The van der Waals surface area contributed by atoms with Crippen LogP contribution in [0.1, 0.15) is 17.3 Å². The number of aromatic nitrogens is 2. The summed E-state index contributed by atoms with van der Waals surface area (Å²) >= 11 is 0. The summed E-state index contributed by atoms with van der Waals surface area (Å²) in [6, 6.07) is 13.4. The van der Waals surface area contributed by atoms with Crippen molar-refractivity contribution < 1.29 is 27.9 Å². The van der Waals surface area contributed by atoms with E-state index in [1.165, 1.54) is 36.5 Å². The number of carbonyl (C=O) groups is 3. The molecule has 0 spiro atoms. The molecule has 3 aromatic rings. The van der Waals surface area contributed by atoms with Crippen molar-refractivity contribution in [3.8, 4) is 5.75 Å². The Morgan fingerprint density at radius 2 is 1.69 bits per heavy atom. The average molecular weight is 498 g/mol. The van der Waals surface area contributed by atoms with Gasteiger partial charge >= 0.3 is 12.6 Å². The van der Waals surface area contributed by atoms with Gasteiger partial charge < -0.3 is 25.2 Å². The predicted octanol–water partition coefficient (Wildman–Crippen LogP) is 3.49. The number of anilines is 3. The molecule has 2 aromatic carbocycles. The predicted molar refractivity (Wildman–Crippen MR) is 129 cm³/mol. The highest BCUT2D eigenvalue weighted by Crippen LogP contribution is 2.21. The van der Waals surface area contributed by atoms with Gasteiger partial charge in [-0.15, -0.1) is 0 Å². The molecule has 0 radical (unpaired) electrons. The quantitative estimate of drug-likeness (QED) is 0.539. The van der Waals surface area contributed by atoms with Crippen molar-refractivity contribution in [3.05, 3.63) is 66.4 Å². The van der Waals surface area contributed by atoms with Crippen molar-refractivity contribution in [2.24, 2.45) is 0 Å². The van der Waals surface area contributed by atoms with E-state index in [0.717, 1.165) is 23.5 Å². The van der Waals surface area contributed by atoms with Crippen LogP contribution in [0.15, 0.2) is 60.8 Å². The number of ether oxygens (including phenoxy) is 1. The molecule has 2 N–H and O–H groups in total. The van der Waals surface area contributed by atoms with Gasteiger partial charge in [-0.3, -0.25) is 9.59 Å². The Labute approximate surface area is 205 Å². The van der Waals surface area contributed by atoms with Gasteiger partial charge in [0.2, 0.25) is 5.91 Å². The van der Waals surface area contributed by atoms with Crippen LogP contribution in [0.25, 0.3) is 0 Å². The van der Waals surface area contributed by atoms with Crippen LogP contribution in [0, 0.1) is 0 Å². The number of carbonyl (C=O) groups excluding carboxylic acids is 3. The minimum absolute atomic E-state index is 0.0659. The van der Waals surface area contributed by atoms with E-state index >= 15 is 0 Å². The SMILES string of the molecule is CC(=O)N1CCN(c2ccc(NC(=O)n3nccc3NC(=O)c3cccc(OC(F)F)c3)cc2)CC1. The Kier molecular flexibility index (Phi) is 7.42. The fourth-order valence-electron chi connectivity index (χ4n) is 3.77. The van der Waals surface area contributed by atoms with Crippen molar-refractivity contribution in [3.63, 3.8) is 0 Å². The van der Waals surface area contributed by atoms with E-state index in [-0.39, 0.29) is 23.0 Å². The normalized spacial score (nSPS) is 13.4. The molecule has 10 nitrogen and oxygen atoms in total. The molecular formula is C24H24F2N6O4. The summed E-state index contributed by atoms with van der Waals surface area (Å²) in [5.41, 5.74) is 1.57. The second-order valence-electron chi connectivity index (χ2n) is 7.96. The molecule has 0 saturated carbocycles. The number of benzene rings is 2. The zero-order valence-corrected chi connectivity index (χ0v) is 19.4. The van der Waals surface area contributed by atoms with Crippen LogP contribution in [0.3, 0.4) is 0 Å². The van der Waals surface area contributed by atoms with Gasteiger partial charge in [-0.05, 0) is 42.5 Å². The highest BCUT2D eigenvalue weighted by atomic mass is 19.3. The molecule has 3 amide bonds. The number of hydrogen-bond acceptors (Lipinski definition) is 6. The molecule has 1 aliphatic heterocycles. The van der Waals surface area contributed by atoms with Crippen molar-refractivity contribution in [2.75, 3.05) is 41.7 Å². The van der Waals surface area contributed by atoms with E-state index in [0.29, 0.717) is 18.8 Å². The van der Waals surface area contributed by atoms with Crippen LogP contribution in [0.4, 0.5) is 30.8 Å². The molecule has 4 rings (SSSR count). The lowest BCUT2D eigenvalue weighted by Gasteiger charge is -2.35. The van der Waals surface area contributed by atoms with Gasteiger partial charge in [0, 0.05) is 56.1 Å². The van der Waals surface area contributed by atoms with Crippen molar-refractivity contribution >= 4 is 35.0 Å². The minimum atomic E-state index is -3.01. The first kappa shape index (κ1) is 24.6. The number of nitrogens with zero attached hydrogens (tertiary/aromatic N) is 4. The maximum Gasteiger partial charge on any atom is 0.387 e. The monoisotopic (exact) mass is 498 g/mol. The third-order valence-electron chi connectivity index (χ3n) is 5.61. The van der Waals surface area contributed by atoms with Gasteiger partial charge in [0.15, 0.2) is 0 Å². The highest BCUT2D eigenvalue weighted by molar-refractivity contribution is 6.05. The Morgan fingerprint density at radius 3 is 2.36 bits per heavy atom. The Morgan fingerprint density at radius 1 is 0.972 bits per heavy atom. The molecule has 188 valence electrons. The van der Waals surface area contributed by atoms with Gasteiger partial charge in [-0.25, -0.2) is 4.79 Å². The first-order valence-electron chi connectivity index (χ1n) is 11.1. The number of nitrogens with one attached hydrogen (secondary N) is 2. The summed E-state index contributed by atoms with van der Waals surface area (Å²) in [5, 5.41) is 9.21. The zero-order chi connectivity index (χ0) is 25.7. The maximum absolute atomic E-state index is 12.8. The van der Waals surface area contributed by atoms with Gasteiger partial charge in [-0.2, -0.15) is 18.6 Å². The number of halogens is 2. The van der Waals surface area contributed by atoms with E-state index in [1.54, 1.807) is 24.0 Å². The van der Waals surface area contributed by atoms with E-state index in [2.05, 4.69) is 25.4 Å². The molecule has 1 fully saturated rings. The van der Waals surface area contributed by atoms with Crippen molar-refractivity contribution in [1.82, 2.24) is 14.7 Å². The second-order valence-corrected chi connectivity index (χ2v) is 7.96. The lowest BCUT2D eigenvalue weighted by atomic mass is 10.2. The smallest absolute Gasteiger partial charge is 0.387 e. The molecule has 12 heteroatoms. The number of rotatable bonds is 6. The largest absolute Gasteiger partial charge is 0.435 e. The van der Waals surface area contributed by atoms with Crippen molar-refractivity contribution in [2.45, 2.75) is 13.5 Å². The summed E-state index contributed by atoms with van der Waals surface area (Å²) in [6.07, 6.45) is 1.34. The van der Waals surface area contributed by atoms with E-state index in [4.69, 9.17) is 0 Å². The molecule has 1 aromatic heterocycles. The summed E-state index contributed by atoms with van der Waals surface area (Å²) in [4.78, 5) is 40.8. The van der Waals surface area contributed by atoms with Crippen molar-refractivity contribution in [1.29, 1.82) is 0 Å². The van der Waals surface area contributed by atoms with Crippen LogP contribution >= 0.6 is 0 Å². The number of alkyl halides is 2. The standard InChI is InChI=1S/C24H24F2N6O4/c1-16(33)30-11-13-31(14-12-30)19-7-5-18(6-8-19)28-24(35)32-21(9-10-27-32)29-22(34)17-3-2-4-20(15-17)36-23(25)26/h2-10,15,23H,11-14H2,1H3,(H,28,35)(H,29,34). The topological polar surface area (TPSA) is 109 Å². The molecule has 0 aliphatic carbocycles. The molecule has 36 heavy (non-hydrogen) atoms. The minimum Gasteiger partial charge on any atom is -0.435 e. The van der Waals surface area contributed by atoms with Crippen LogP contribution in [-0.4, -0.2) is 65.3 Å². The Balaban J connectivity index is 1.37. The summed E-state index contributed by atoms with van der Waals surface area (Å²) in [7, 11) is 0. The van der Waals surface area contributed by atoms with Gasteiger partial charge in [0.1, 0.15) is 11.6 Å². The third-order valence-corrected chi connectivity index (χ3v) is 5.61. The lowest BCUT2D eigenvalue weighted by molar-refractivity contribution is -0.129. The molecule has 0 atom stereocenters. The van der Waals surface area contributed by atoms with E-state index in [9.17, 15) is 23.2 Å². The number of hydrogen-bond donors (Lipinski definition) is 2. The maximum atomic E-state index is 12.8. The van der Waals surface area contributed by atoms with Crippen LogP contribution < -0.4 is 20.3 Å². The molecule has 1 aliphatic rings. The molecule has 2 heterocycles. The molecule has 0 bridgehead atoms. The fourth-order valence-corrected chi connectivity index (χ4v) is 3.77. The third kappa shape index (κ3) is 5.95. The fraction of sp³-hybridized carbons (Fsp3) is 0.250. The Bertz CT molecular complexity index is 1240. The lowest BCUT2D eigenvalue weighted by Crippen LogP contribution is -2.48. The molecular weight excluding hydrogens is 474 g/mol. The number of amides is 3. The van der Waals surface area contributed by atoms with Gasteiger partial charge in [0.05, 0.1) is 6.20 Å². The Hall–Kier alpha value is -4.48. The zero-order valence-electron chi connectivity index (χ0n) is 19.4. The summed E-state index contributed by atoms with van der Waals surface area (Å²) in [5.74, 6) is -0.625. The van der Waals surface area contributed by atoms with E-state index < -0.39 is 18.5 Å². The molecule has 1 saturated heterocycles. The highest BCUT2D eigenvalue weighted by Gasteiger charge is 2.19. The van der Waals surface area contributed by atoms with Gasteiger partial charge in [-0.1, -0.05) is 6.07 Å². The first-order chi connectivity index (χ1) is 17.3. The summed E-state index contributed by atoms with van der Waals surface area (Å²) in [6.45, 7) is 1.31. The van der Waals surface area contributed by atoms with Crippen LogP contribution in [-0.2, 0) is 4.79 Å².